The van der Waals surface area contributed by atoms with Crippen LogP contribution in [0.25, 0.3) is 0 Å². The van der Waals surface area contributed by atoms with Gasteiger partial charge in [-0.05, 0) is 52.2 Å². The van der Waals surface area contributed by atoms with Crippen molar-refractivity contribution in [3.63, 3.8) is 0 Å². The first-order valence-electron chi connectivity index (χ1n) is 5.08. The van der Waals surface area contributed by atoms with E-state index in [9.17, 15) is 4.39 Å². The summed E-state index contributed by atoms with van der Waals surface area (Å²) in [5.74, 6) is 5.37. The molecule has 3 N–H and O–H groups in total. The van der Waals surface area contributed by atoms with E-state index < -0.39 is 0 Å². The van der Waals surface area contributed by atoms with Crippen LogP contribution < -0.4 is 11.3 Å². The molecule has 2 aromatic rings. The zero-order valence-corrected chi connectivity index (χ0v) is 11.6. The molecule has 1 heterocycles. The molecule has 0 saturated carbocycles. The first-order valence-corrected chi connectivity index (χ1v) is 6.75. The highest BCUT2D eigenvalue weighted by Crippen LogP contribution is 2.31. The maximum absolute atomic E-state index is 13.1. The maximum Gasteiger partial charge on any atom is 0.123 e. The van der Waals surface area contributed by atoms with Crippen molar-refractivity contribution in [2.75, 3.05) is 0 Å². The molecule has 0 bridgehead atoms. The Labute approximate surface area is 112 Å². The van der Waals surface area contributed by atoms with Crippen LogP contribution in [0, 0.1) is 12.7 Å². The fourth-order valence-electron chi connectivity index (χ4n) is 1.77. The summed E-state index contributed by atoms with van der Waals surface area (Å²) in [7, 11) is 0. The monoisotopic (exact) mass is 314 g/mol. The van der Waals surface area contributed by atoms with Crippen molar-refractivity contribution >= 4 is 27.3 Å². The second-order valence-corrected chi connectivity index (χ2v) is 5.63. The Hall–Kier alpha value is -0.750. The molecule has 1 atom stereocenters. The van der Waals surface area contributed by atoms with Crippen LogP contribution in [0.5, 0.6) is 0 Å². The van der Waals surface area contributed by atoms with Crippen molar-refractivity contribution in [1.29, 1.82) is 0 Å². The molecule has 0 spiro atoms. The molecule has 1 aromatic heterocycles. The normalized spacial score (nSPS) is 12.7. The number of hydrogen-bond acceptors (Lipinski definition) is 3. The van der Waals surface area contributed by atoms with Crippen LogP contribution in [0.2, 0.25) is 0 Å². The fourth-order valence-corrected chi connectivity index (χ4v) is 3.29. The van der Waals surface area contributed by atoms with Gasteiger partial charge in [0.1, 0.15) is 5.82 Å². The Balaban J connectivity index is 2.42. The molecule has 90 valence electrons. The molecular formula is C12H12BrFN2S. The summed E-state index contributed by atoms with van der Waals surface area (Å²) in [4.78, 5) is 1.09. The zero-order valence-electron chi connectivity index (χ0n) is 9.21. The van der Waals surface area contributed by atoms with E-state index >= 15 is 0 Å². The van der Waals surface area contributed by atoms with Crippen LogP contribution in [0.3, 0.4) is 0 Å². The van der Waals surface area contributed by atoms with Gasteiger partial charge in [-0.3, -0.25) is 5.84 Å². The number of thiophene rings is 1. The average Bonchev–Trinajstić information content (AvgIpc) is 2.69. The molecule has 0 amide bonds. The summed E-state index contributed by atoms with van der Waals surface area (Å²) >= 11 is 5.02. The minimum Gasteiger partial charge on any atom is -0.271 e. The predicted octanol–water partition coefficient (Wildman–Crippen LogP) is 3.51. The quantitative estimate of drug-likeness (QED) is 0.672. The van der Waals surface area contributed by atoms with Crippen LogP contribution in [0.1, 0.15) is 22.0 Å². The Kier molecular flexibility index (Phi) is 3.93. The summed E-state index contributed by atoms with van der Waals surface area (Å²) in [6, 6.07) is 6.64. The molecule has 17 heavy (non-hydrogen) atoms. The maximum atomic E-state index is 13.1. The molecule has 0 aliphatic heterocycles. The molecule has 0 aliphatic carbocycles. The average molecular weight is 315 g/mol. The lowest BCUT2D eigenvalue weighted by atomic mass is 10.0. The van der Waals surface area contributed by atoms with Gasteiger partial charge in [-0.1, -0.05) is 6.07 Å². The lowest BCUT2D eigenvalue weighted by Gasteiger charge is -2.17. The molecule has 0 aliphatic rings. The van der Waals surface area contributed by atoms with Crippen molar-refractivity contribution in [3.8, 4) is 0 Å². The van der Waals surface area contributed by atoms with Crippen LogP contribution in [-0.2, 0) is 0 Å². The predicted molar refractivity (Wildman–Crippen MR) is 72.3 cm³/mol. The highest BCUT2D eigenvalue weighted by Gasteiger charge is 2.16. The van der Waals surface area contributed by atoms with Gasteiger partial charge in [-0.25, -0.2) is 9.82 Å². The second-order valence-electron chi connectivity index (χ2n) is 3.77. The summed E-state index contributed by atoms with van der Waals surface area (Å²) in [5, 5.41) is 2.00. The van der Waals surface area contributed by atoms with Crippen LogP contribution in [0.15, 0.2) is 34.1 Å². The minimum absolute atomic E-state index is 0.105. The number of hydrazine groups is 1. The molecule has 2 nitrogen and oxygen atoms in total. The highest BCUT2D eigenvalue weighted by molar-refractivity contribution is 9.10. The van der Waals surface area contributed by atoms with Crippen molar-refractivity contribution in [1.82, 2.24) is 5.43 Å². The molecule has 1 aromatic carbocycles. The van der Waals surface area contributed by atoms with Gasteiger partial charge >= 0.3 is 0 Å². The number of hydrogen-bond donors (Lipinski definition) is 2. The van der Waals surface area contributed by atoms with Gasteiger partial charge in [0, 0.05) is 14.7 Å². The van der Waals surface area contributed by atoms with Crippen LogP contribution in [0.4, 0.5) is 4.39 Å². The number of nitrogens with two attached hydrogens (primary N) is 1. The third kappa shape index (κ3) is 2.74. The molecular weight excluding hydrogens is 303 g/mol. The fraction of sp³-hybridized carbons (Fsp3) is 0.167. The van der Waals surface area contributed by atoms with Crippen LogP contribution >= 0.6 is 27.3 Å². The van der Waals surface area contributed by atoms with E-state index in [0.717, 1.165) is 20.5 Å². The minimum atomic E-state index is -0.227. The second kappa shape index (κ2) is 5.27. The van der Waals surface area contributed by atoms with Gasteiger partial charge in [0.25, 0.3) is 0 Å². The number of nitrogens with one attached hydrogen (secondary N) is 1. The van der Waals surface area contributed by atoms with E-state index in [1.54, 1.807) is 17.4 Å². The van der Waals surface area contributed by atoms with Crippen molar-refractivity contribution in [3.05, 3.63) is 55.9 Å². The third-order valence-electron chi connectivity index (χ3n) is 2.58. The Morgan fingerprint density at radius 1 is 1.41 bits per heavy atom. The van der Waals surface area contributed by atoms with E-state index in [4.69, 9.17) is 5.84 Å². The van der Waals surface area contributed by atoms with E-state index in [2.05, 4.69) is 21.4 Å². The third-order valence-corrected chi connectivity index (χ3v) is 4.34. The summed E-state index contributed by atoms with van der Waals surface area (Å²) in [6.07, 6.45) is 0. The van der Waals surface area contributed by atoms with E-state index in [1.165, 1.54) is 12.1 Å². The lowest BCUT2D eigenvalue weighted by molar-refractivity contribution is 0.615. The molecule has 1 unspecified atom stereocenters. The van der Waals surface area contributed by atoms with Gasteiger partial charge in [-0.2, -0.15) is 0 Å². The zero-order chi connectivity index (χ0) is 12.4. The van der Waals surface area contributed by atoms with Gasteiger partial charge in [0.2, 0.25) is 0 Å². The van der Waals surface area contributed by atoms with E-state index in [-0.39, 0.29) is 11.9 Å². The lowest BCUT2D eigenvalue weighted by Crippen LogP contribution is -2.28. The van der Waals surface area contributed by atoms with E-state index in [0.29, 0.717) is 0 Å². The Bertz CT molecular complexity index is 527. The molecule has 2 rings (SSSR count). The first-order chi connectivity index (χ1) is 8.11. The van der Waals surface area contributed by atoms with Crippen LogP contribution in [-0.4, -0.2) is 0 Å². The largest absolute Gasteiger partial charge is 0.271 e. The van der Waals surface area contributed by atoms with Gasteiger partial charge in [-0.15, -0.1) is 11.3 Å². The molecule has 5 heteroatoms. The van der Waals surface area contributed by atoms with Crippen molar-refractivity contribution < 1.29 is 4.39 Å². The molecule has 0 fully saturated rings. The van der Waals surface area contributed by atoms with Gasteiger partial charge in [0.15, 0.2) is 0 Å². The smallest absolute Gasteiger partial charge is 0.123 e. The summed E-state index contributed by atoms with van der Waals surface area (Å²) in [6.45, 7) is 1.88. The highest BCUT2D eigenvalue weighted by atomic mass is 79.9. The first kappa shape index (κ1) is 12.7. The standard InChI is InChI=1S/C12H12BrFN2S/c1-7-4-9(14)2-3-10(7)12(16-15)11-5-8(13)6-17-11/h2-6,12,16H,15H2,1H3. The number of aryl methyl sites for hydroxylation is 1. The van der Waals surface area contributed by atoms with Gasteiger partial charge < -0.3 is 0 Å². The molecule has 0 radical (unpaired) electrons. The topological polar surface area (TPSA) is 38.0 Å². The number of benzene rings is 1. The SMILES string of the molecule is Cc1cc(F)ccc1C(NN)c1cc(Br)cs1. The Morgan fingerprint density at radius 3 is 2.71 bits per heavy atom. The van der Waals surface area contributed by atoms with Crippen molar-refractivity contribution in [2.24, 2.45) is 5.84 Å². The molecule has 0 saturated heterocycles. The Morgan fingerprint density at radius 2 is 2.18 bits per heavy atom. The van der Waals surface area contributed by atoms with Crippen molar-refractivity contribution in [2.45, 2.75) is 13.0 Å². The summed E-state index contributed by atoms with van der Waals surface area (Å²) in [5.41, 5.74) is 4.65. The van der Waals surface area contributed by atoms with E-state index in [1.807, 2.05) is 18.4 Å². The summed E-state index contributed by atoms with van der Waals surface area (Å²) < 4.78 is 14.1. The van der Waals surface area contributed by atoms with Gasteiger partial charge in [0.05, 0.1) is 6.04 Å². The number of rotatable bonds is 3. The number of halogens is 2.